The standard InChI is InChI=1S/C22H26N4O4S/c1-31(28,29)18-7-5-16(6-8-18)19-14-24-22(30-19)10-9-21(27)23-12-11-17-15-26-13-3-2-4-20(26)25-17/h5-8,14-15H,2-4,9-13H2,1H3,(H,23,27). The molecule has 0 unspecified atom stereocenters. The van der Waals surface area contributed by atoms with Crippen molar-refractivity contribution >= 4 is 15.7 Å². The highest BCUT2D eigenvalue weighted by Crippen LogP contribution is 2.22. The van der Waals surface area contributed by atoms with E-state index in [1.54, 1.807) is 18.3 Å². The summed E-state index contributed by atoms with van der Waals surface area (Å²) in [4.78, 5) is 21.3. The molecule has 0 radical (unpaired) electrons. The van der Waals surface area contributed by atoms with Crippen LogP contribution in [0.15, 0.2) is 46.0 Å². The third-order valence-electron chi connectivity index (χ3n) is 5.35. The molecule has 1 aliphatic heterocycles. The van der Waals surface area contributed by atoms with Gasteiger partial charge in [-0.25, -0.2) is 18.4 Å². The molecule has 2 aromatic heterocycles. The molecule has 1 aliphatic rings. The van der Waals surface area contributed by atoms with Gasteiger partial charge in [0.1, 0.15) is 5.82 Å². The lowest BCUT2D eigenvalue weighted by Gasteiger charge is -2.11. The quantitative estimate of drug-likeness (QED) is 0.575. The summed E-state index contributed by atoms with van der Waals surface area (Å²) in [6, 6.07) is 6.44. The summed E-state index contributed by atoms with van der Waals surface area (Å²) in [6.45, 7) is 1.59. The summed E-state index contributed by atoms with van der Waals surface area (Å²) in [5, 5.41) is 2.93. The number of amides is 1. The van der Waals surface area contributed by atoms with E-state index in [1.807, 2.05) is 0 Å². The van der Waals surface area contributed by atoms with Gasteiger partial charge in [0.2, 0.25) is 5.91 Å². The zero-order chi connectivity index (χ0) is 21.8. The summed E-state index contributed by atoms with van der Waals surface area (Å²) in [5.74, 6) is 2.11. The SMILES string of the molecule is CS(=O)(=O)c1ccc(-c2cnc(CCC(=O)NCCc3cn4c(n3)CCCC4)o2)cc1. The summed E-state index contributed by atoms with van der Waals surface area (Å²) >= 11 is 0. The van der Waals surface area contributed by atoms with Gasteiger partial charge in [0.15, 0.2) is 21.5 Å². The van der Waals surface area contributed by atoms with Gasteiger partial charge < -0.3 is 14.3 Å². The third-order valence-corrected chi connectivity index (χ3v) is 6.48. The minimum absolute atomic E-state index is 0.0544. The number of carbonyl (C=O) groups is 1. The second-order valence-electron chi connectivity index (χ2n) is 7.81. The molecular weight excluding hydrogens is 416 g/mol. The van der Waals surface area contributed by atoms with Crippen LogP contribution in [0, 0.1) is 0 Å². The number of imidazole rings is 1. The van der Waals surface area contributed by atoms with Crippen LogP contribution in [0.4, 0.5) is 0 Å². The van der Waals surface area contributed by atoms with Gasteiger partial charge in [-0.15, -0.1) is 0 Å². The molecule has 164 valence electrons. The van der Waals surface area contributed by atoms with Crippen LogP contribution in [0.5, 0.6) is 0 Å². The molecule has 0 atom stereocenters. The van der Waals surface area contributed by atoms with Crippen LogP contribution >= 0.6 is 0 Å². The number of rotatable bonds is 8. The predicted molar refractivity (Wildman–Crippen MR) is 115 cm³/mol. The number of aryl methyl sites for hydroxylation is 3. The highest BCUT2D eigenvalue weighted by Gasteiger charge is 2.13. The van der Waals surface area contributed by atoms with Gasteiger partial charge >= 0.3 is 0 Å². The average Bonchev–Trinajstić information content (AvgIpc) is 3.38. The van der Waals surface area contributed by atoms with E-state index < -0.39 is 9.84 Å². The monoisotopic (exact) mass is 442 g/mol. The molecule has 0 fully saturated rings. The van der Waals surface area contributed by atoms with Crippen LogP contribution in [0.2, 0.25) is 0 Å². The Labute approximate surface area is 181 Å². The molecule has 1 aromatic carbocycles. The van der Waals surface area contributed by atoms with Crippen molar-refractivity contribution in [3.05, 3.63) is 54.1 Å². The number of carbonyl (C=O) groups excluding carboxylic acids is 1. The van der Waals surface area contributed by atoms with Crippen molar-refractivity contribution in [2.45, 2.75) is 50.0 Å². The molecule has 9 heteroatoms. The lowest BCUT2D eigenvalue weighted by Crippen LogP contribution is -2.26. The molecule has 3 aromatic rings. The zero-order valence-corrected chi connectivity index (χ0v) is 18.3. The Morgan fingerprint density at radius 2 is 2.00 bits per heavy atom. The highest BCUT2D eigenvalue weighted by atomic mass is 32.2. The number of hydrogen-bond acceptors (Lipinski definition) is 6. The van der Waals surface area contributed by atoms with Crippen LogP contribution in [0.3, 0.4) is 0 Å². The first-order chi connectivity index (χ1) is 14.9. The smallest absolute Gasteiger partial charge is 0.220 e. The number of nitrogens with zero attached hydrogens (tertiary/aromatic N) is 3. The Bertz CT molecular complexity index is 1140. The molecule has 3 heterocycles. The van der Waals surface area contributed by atoms with Crippen molar-refractivity contribution in [3.8, 4) is 11.3 Å². The predicted octanol–water partition coefficient (Wildman–Crippen LogP) is 2.57. The van der Waals surface area contributed by atoms with Crippen LogP contribution in [0.25, 0.3) is 11.3 Å². The van der Waals surface area contributed by atoms with Gasteiger partial charge in [-0.2, -0.15) is 0 Å². The third kappa shape index (κ3) is 5.41. The lowest BCUT2D eigenvalue weighted by molar-refractivity contribution is -0.121. The Hall–Kier alpha value is -2.94. The largest absolute Gasteiger partial charge is 0.441 e. The maximum Gasteiger partial charge on any atom is 0.220 e. The molecule has 0 saturated carbocycles. The second-order valence-corrected chi connectivity index (χ2v) is 9.83. The molecule has 0 spiro atoms. The van der Waals surface area contributed by atoms with E-state index in [4.69, 9.17) is 4.42 Å². The fraction of sp³-hybridized carbons (Fsp3) is 0.409. The molecule has 0 aliphatic carbocycles. The van der Waals surface area contributed by atoms with Crippen molar-refractivity contribution in [3.63, 3.8) is 0 Å². The summed E-state index contributed by atoms with van der Waals surface area (Å²) < 4.78 is 31.0. The molecule has 0 saturated heterocycles. The molecule has 31 heavy (non-hydrogen) atoms. The molecule has 1 amide bonds. The van der Waals surface area contributed by atoms with Crippen LogP contribution < -0.4 is 5.32 Å². The minimum Gasteiger partial charge on any atom is -0.441 e. The van der Waals surface area contributed by atoms with E-state index >= 15 is 0 Å². The van der Waals surface area contributed by atoms with Gasteiger partial charge in [0.25, 0.3) is 0 Å². The van der Waals surface area contributed by atoms with E-state index in [1.165, 1.54) is 31.2 Å². The van der Waals surface area contributed by atoms with Gasteiger partial charge in [0.05, 0.1) is 16.8 Å². The van der Waals surface area contributed by atoms with E-state index in [-0.39, 0.29) is 17.2 Å². The van der Waals surface area contributed by atoms with Crippen molar-refractivity contribution in [1.29, 1.82) is 0 Å². The first-order valence-electron chi connectivity index (χ1n) is 10.5. The molecule has 0 bridgehead atoms. The summed E-state index contributed by atoms with van der Waals surface area (Å²) in [7, 11) is -3.24. The Balaban J connectivity index is 1.23. The first-order valence-corrected chi connectivity index (χ1v) is 12.3. The number of aromatic nitrogens is 3. The first kappa shape index (κ1) is 21.3. The average molecular weight is 443 g/mol. The summed E-state index contributed by atoms with van der Waals surface area (Å²) in [6.07, 6.45) is 9.68. The van der Waals surface area contributed by atoms with Crippen LogP contribution in [-0.4, -0.2) is 41.7 Å². The van der Waals surface area contributed by atoms with Crippen molar-refractivity contribution in [2.24, 2.45) is 0 Å². The molecule has 8 nitrogen and oxygen atoms in total. The Kier molecular flexibility index (Phi) is 6.22. The normalized spacial score (nSPS) is 13.7. The number of nitrogens with one attached hydrogen (secondary N) is 1. The van der Waals surface area contributed by atoms with Crippen LogP contribution in [-0.2, 0) is 40.4 Å². The Morgan fingerprint density at radius 1 is 1.19 bits per heavy atom. The van der Waals surface area contributed by atoms with E-state index in [0.717, 1.165) is 36.5 Å². The van der Waals surface area contributed by atoms with E-state index in [0.29, 0.717) is 24.6 Å². The maximum atomic E-state index is 12.1. The zero-order valence-electron chi connectivity index (χ0n) is 17.5. The topological polar surface area (TPSA) is 107 Å². The van der Waals surface area contributed by atoms with E-state index in [9.17, 15) is 13.2 Å². The fourth-order valence-electron chi connectivity index (χ4n) is 3.66. The highest BCUT2D eigenvalue weighted by molar-refractivity contribution is 7.90. The van der Waals surface area contributed by atoms with E-state index in [2.05, 4.69) is 26.0 Å². The number of oxazole rings is 1. The molecule has 4 rings (SSSR count). The minimum atomic E-state index is -3.24. The summed E-state index contributed by atoms with van der Waals surface area (Å²) in [5.41, 5.74) is 1.76. The number of fused-ring (bicyclic) bond motifs is 1. The van der Waals surface area contributed by atoms with Gasteiger partial charge in [-0.3, -0.25) is 4.79 Å². The van der Waals surface area contributed by atoms with Crippen molar-refractivity contribution in [2.75, 3.05) is 12.8 Å². The van der Waals surface area contributed by atoms with Crippen molar-refractivity contribution in [1.82, 2.24) is 19.9 Å². The fourth-order valence-corrected chi connectivity index (χ4v) is 4.29. The number of hydrogen-bond donors (Lipinski definition) is 1. The second kappa shape index (κ2) is 9.05. The maximum absolute atomic E-state index is 12.1. The lowest BCUT2D eigenvalue weighted by atomic mass is 10.2. The number of benzene rings is 1. The van der Waals surface area contributed by atoms with Gasteiger partial charge in [0, 0.05) is 56.8 Å². The van der Waals surface area contributed by atoms with Gasteiger partial charge in [-0.05, 0) is 37.1 Å². The molecule has 1 N–H and O–H groups in total. The number of sulfone groups is 1. The van der Waals surface area contributed by atoms with Crippen molar-refractivity contribution < 1.29 is 17.6 Å². The van der Waals surface area contributed by atoms with Gasteiger partial charge in [-0.1, -0.05) is 0 Å². The Morgan fingerprint density at radius 3 is 2.74 bits per heavy atom. The molecular formula is C22H26N4O4S. The van der Waals surface area contributed by atoms with Crippen LogP contribution in [0.1, 0.15) is 36.7 Å².